The third kappa shape index (κ3) is 5.27. The molecule has 2 aromatic carbocycles. The van der Waals surface area contributed by atoms with Gasteiger partial charge >= 0.3 is 0 Å². The Morgan fingerprint density at radius 1 is 1.13 bits per heavy atom. The van der Waals surface area contributed by atoms with Crippen LogP contribution < -0.4 is 10.7 Å². The first-order chi connectivity index (χ1) is 11.1. The van der Waals surface area contributed by atoms with Crippen molar-refractivity contribution in [2.75, 3.05) is 11.6 Å². The van der Waals surface area contributed by atoms with E-state index in [0.29, 0.717) is 11.3 Å². The molecular formula is C17H17N3O2S. The summed E-state index contributed by atoms with van der Waals surface area (Å²) in [5, 5.41) is 6.58. The van der Waals surface area contributed by atoms with Gasteiger partial charge in [-0.3, -0.25) is 9.59 Å². The molecular weight excluding hydrogens is 310 g/mol. The van der Waals surface area contributed by atoms with Crippen LogP contribution in [-0.2, 0) is 4.79 Å². The Hall–Kier alpha value is -2.60. The largest absolute Gasteiger partial charge is 0.326 e. The molecule has 0 aliphatic rings. The van der Waals surface area contributed by atoms with Gasteiger partial charge in [-0.05, 0) is 42.2 Å². The van der Waals surface area contributed by atoms with Crippen LogP contribution in [0.25, 0.3) is 0 Å². The van der Waals surface area contributed by atoms with E-state index in [9.17, 15) is 9.59 Å². The highest BCUT2D eigenvalue weighted by Crippen LogP contribution is 2.14. The number of thioether (sulfide) groups is 1. The van der Waals surface area contributed by atoms with Crippen molar-refractivity contribution in [1.82, 2.24) is 5.43 Å². The predicted octanol–water partition coefficient (Wildman–Crippen LogP) is 3.13. The summed E-state index contributed by atoms with van der Waals surface area (Å²) in [6.07, 6.45) is 3.60. The topological polar surface area (TPSA) is 70.6 Å². The van der Waals surface area contributed by atoms with Crippen molar-refractivity contribution < 1.29 is 9.59 Å². The maximum atomic E-state index is 12.0. The number of hydrogen-bond donors (Lipinski definition) is 2. The molecule has 23 heavy (non-hydrogen) atoms. The summed E-state index contributed by atoms with van der Waals surface area (Å²) in [6, 6.07) is 14.5. The molecule has 0 heterocycles. The molecule has 5 nitrogen and oxygen atoms in total. The Morgan fingerprint density at radius 3 is 2.52 bits per heavy atom. The van der Waals surface area contributed by atoms with Crippen LogP contribution in [0.5, 0.6) is 0 Å². The van der Waals surface area contributed by atoms with Gasteiger partial charge in [0.05, 0.1) is 6.21 Å². The molecule has 0 fully saturated rings. The maximum Gasteiger partial charge on any atom is 0.271 e. The van der Waals surface area contributed by atoms with Gasteiger partial charge in [0.15, 0.2) is 0 Å². The highest BCUT2D eigenvalue weighted by Gasteiger charge is 2.05. The number of carbonyl (C=O) groups is 2. The van der Waals surface area contributed by atoms with Crippen molar-refractivity contribution in [1.29, 1.82) is 0 Å². The molecule has 0 saturated heterocycles. The summed E-state index contributed by atoms with van der Waals surface area (Å²) < 4.78 is 0. The van der Waals surface area contributed by atoms with Crippen LogP contribution in [0.4, 0.5) is 5.69 Å². The fourth-order valence-electron chi connectivity index (χ4n) is 1.86. The summed E-state index contributed by atoms with van der Waals surface area (Å²) >= 11 is 1.66. The number of benzene rings is 2. The zero-order chi connectivity index (χ0) is 16.7. The molecule has 2 amide bonds. The lowest BCUT2D eigenvalue weighted by Gasteiger charge is -2.04. The van der Waals surface area contributed by atoms with Gasteiger partial charge in [0.1, 0.15) is 0 Å². The fraction of sp³-hybridized carbons (Fsp3) is 0.118. The average Bonchev–Trinajstić information content (AvgIpc) is 2.55. The van der Waals surface area contributed by atoms with Gasteiger partial charge in [0, 0.05) is 23.1 Å². The molecule has 0 unspecified atom stereocenters. The van der Waals surface area contributed by atoms with Crippen LogP contribution in [0, 0.1) is 0 Å². The van der Waals surface area contributed by atoms with E-state index in [1.807, 2.05) is 30.5 Å². The van der Waals surface area contributed by atoms with E-state index in [1.54, 1.807) is 42.2 Å². The van der Waals surface area contributed by atoms with Crippen LogP contribution in [0.2, 0.25) is 0 Å². The van der Waals surface area contributed by atoms with Crippen molar-refractivity contribution in [3.63, 3.8) is 0 Å². The van der Waals surface area contributed by atoms with E-state index in [4.69, 9.17) is 0 Å². The van der Waals surface area contributed by atoms with Gasteiger partial charge in [-0.15, -0.1) is 11.8 Å². The van der Waals surface area contributed by atoms with Crippen molar-refractivity contribution in [2.24, 2.45) is 5.10 Å². The SMILES string of the molecule is CSc1ccc(/C=N\NC(=O)c2cccc(NC(C)=O)c2)cc1. The number of nitrogens with zero attached hydrogens (tertiary/aromatic N) is 1. The van der Waals surface area contributed by atoms with Gasteiger partial charge in [-0.25, -0.2) is 5.43 Å². The molecule has 2 rings (SSSR count). The molecule has 2 N–H and O–H groups in total. The second-order valence-corrected chi connectivity index (χ2v) is 5.61. The van der Waals surface area contributed by atoms with E-state index >= 15 is 0 Å². The summed E-state index contributed by atoms with van der Waals surface area (Å²) in [5.74, 6) is -0.525. The minimum absolute atomic E-state index is 0.186. The first-order valence-electron chi connectivity index (χ1n) is 6.93. The first-order valence-corrected chi connectivity index (χ1v) is 8.16. The van der Waals surface area contributed by atoms with Crippen molar-refractivity contribution >= 4 is 35.5 Å². The third-order valence-electron chi connectivity index (χ3n) is 2.94. The number of rotatable bonds is 5. The summed E-state index contributed by atoms with van der Waals surface area (Å²) in [6.45, 7) is 1.42. The minimum Gasteiger partial charge on any atom is -0.326 e. The zero-order valence-electron chi connectivity index (χ0n) is 12.9. The van der Waals surface area contributed by atoms with Crippen LogP contribution in [0.3, 0.4) is 0 Å². The van der Waals surface area contributed by atoms with Crippen LogP contribution in [-0.4, -0.2) is 24.3 Å². The van der Waals surface area contributed by atoms with Gasteiger partial charge in [0.25, 0.3) is 5.91 Å². The number of amides is 2. The Labute approximate surface area is 139 Å². The summed E-state index contributed by atoms with van der Waals surface area (Å²) in [4.78, 5) is 24.2. The third-order valence-corrected chi connectivity index (χ3v) is 3.68. The number of hydrazone groups is 1. The minimum atomic E-state index is -0.339. The lowest BCUT2D eigenvalue weighted by molar-refractivity contribution is -0.114. The van der Waals surface area contributed by atoms with Crippen molar-refractivity contribution in [3.05, 3.63) is 59.7 Å². The van der Waals surface area contributed by atoms with E-state index in [-0.39, 0.29) is 11.8 Å². The number of anilines is 1. The predicted molar refractivity (Wildman–Crippen MR) is 94.0 cm³/mol. The maximum absolute atomic E-state index is 12.0. The van der Waals surface area contributed by atoms with E-state index in [1.165, 1.54) is 11.8 Å². The fourth-order valence-corrected chi connectivity index (χ4v) is 2.27. The molecule has 0 radical (unpaired) electrons. The van der Waals surface area contributed by atoms with E-state index in [0.717, 1.165) is 5.56 Å². The molecule has 6 heteroatoms. The number of carbonyl (C=O) groups excluding carboxylic acids is 2. The molecule has 0 bridgehead atoms. The highest BCUT2D eigenvalue weighted by atomic mass is 32.2. The Kier molecular flexibility index (Phi) is 5.94. The molecule has 0 aromatic heterocycles. The molecule has 0 saturated carbocycles. The van der Waals surface area contributed by atoms with Crippen LogP contribution in [0.1, 0.15) is 22.8 Å². The summed E-state index contributed by atoms with van der Waals surface area (Å²) in [5.41, 5.74) is 4.36. The van der Waals surface area contributed by atoms with Gasteiger partial charge < -0.3 is 5.32 Å². The first kappa shape index (κ1) is 16.8. The lowest BCUT2D eigenvalue weighted by Crippen LogP contribution is -2.18. The Morgan fingerprint density at radius 2 is 1.87 bits per heavy atom. The van der Waals surface area contributed by atoms with Crippen LogP contribution >= 0.6 is 11.8 Å². The second-order valence-electron chi connectivity index (χ2n) is 4.73. The molecule has 118 valence electrons. The normalized spacial score (nSPS) is 10.5. The zero-order valence-corrected chi connectivity index (χ0v) is 13.7. The smallest absolute Gasteiger partial charge is 0.271 e. The van der Waals surface area contributed by atoms with Crippen molar-refractivity contribution in [3.8, 4) is 0 Å². The average molecular weight is 327 g/mol. The highest BCUT2D eigenvalue weighted by molar-refractivity contribution is 7.98. The van der Waals surface area contributed by atoms with Gasteiger partial charge in [-0.2, -0.15) is 5.10 Å². The Bertz CT molecular complexity index is 727. The molecule has 0 aliphatic carbocycles. The van der Waals surface area contributed by atoms with Crippen molar-refractivity contribution in [2.45, 2.75) is 11.8 Å². The molecule has 0 spiro atoms. The van der Waals surface area contributed by atoms with Gasteiger partial charge in [-0.1, -0.05) is 18.2 Å². The number of hydrogen-bond acceptors (Lipinski definition) is 4. The van der Waals surface area contributed by atoms with E-state index < -0.39 is 0 Å². The second kappa shape index (κ2) is 8.14. The molecule has 0 aliphatic heterocycles. The van der Waals surface area contributed by atoms with E-state index in [2.05, 4.69) is 15.8 Å². The molecule has 0 atom stereocenters. The quantitative estimate of drug-likeness (QED) is 0.503. The Balaban J connectivity index is 1.98. The van der Waals surface area contributed by atoms with Gasteiger partial charge in [0.2, 0.25) is 5.91 Å². The summed E-state index contributed by atoms with van der Waals surface area (Å²) in [7, 11) is 0. The lowest BCUT2D eigenvalue weighted by atomic mass is 10.2. The number of nitrogens with one attached hydrogen (secondary N) is 2. The van der Waals surface area contributed by atoms with Crippen LogP contribution in [0.15, 0.2) is 58.5 Å². The standard InChI is InChI=1S/C17H17N3O2S/c1-12(21)19-15-5-3-4-14(10-15)17(22)20-18-11-13-6-8-16(23-2)9-7-13/h3-11H,1-2H3,(H,19,21)(H,20,22)/b18-11-. The monoisotopic (exact) mass is 327 g/mol. The molecule has 2 aromatic rings.